The van der Waals surface area contributed by atoms with E-state index in [-0.39, 0.29) is 16.9 Å². The number of fused-ring (bicyclic) bond motifs is 1. The van der Waals surface area contributed by atoms with Crippen molar-refractivity contribution in [3.05, 3.63) is 75.1 Å². The third-order valence-corrected chi connectivity index (χ3v) is 5.80. The monoisotopic (exact) mass is 475 g/mol. The van der Waals surface area contributed by atoms with Gasteiger partial charge in [0.2, 0.25) is 5.88 Å². The fourth-order valence-electron chi connectivity index (χ4n) is 3.82. The number of aliphatic hydroxyl groups is 1. The van der Waals surface area contributed by atoms with Crippen molar-refractivity contribution >= 4 is 17.4 Å². The summed E-state index contributed by atoms with van der Waals surface area (Å²) in [6.07, 6.45) is 2.32. The van der Waals surface area contributed by atoms with Crippen molar-refractivity contribution in [2.45, 2.75) is 38.5 Å². The summed E-state index contributed by atoms with van der Waals surface area (Å²) >= 11 is 5.96. The molecule has 11 heteroatoms. The highest BCUT2D eigenvalue weighted by atomic mass is 35.5. The van der Waals surface area contributed by atoms with Crippen molar-refractivity contribution in [3.8, 4) is 11.6 Å². The molecule has 3 heterocycles. The Hall–Kier alpha value is -3.08. The molecule has 0 amide bonds. The minimum absolute atomic E-state index is 0.0223. The van der Waals surface area contributed by atoms with Crippen LogP contribution in [-0.4, -0.2) is 48.2 Å². The highest BCUT2D eigenvalue weighted by Gasteiger charge is 2.28. The van der Waals surface area contributed by atoms with E-state index in [0.29, 0.717) is 50.7 Å². The van der Waals surface area contributed by atoms with Gasteiger partial charge < -0.3 is 20.0 Å². The Morgan fingerprint density at radius 2 is 2.03 bits per heavy atom. The van der Waals surface area contributed by atoms with E-state index < -0.39 is 10.5 Å². The van der Waals surface area contributed by atoms with E-state index in [1.807, 2.05) is 6.07 Å². The Morgan fingerprint density at radius 1 is 1.27 bits per heavy atom. The summed E-state index contributed by atoms with van der Waals surface area (Å²) in [5.41, 5.74) is 0.957. The van der Waals surface area contributed by atoms with Crippen molar-refractivity contribution in [1.82, 2.24) is 19.4 Å². The van der Waals surface area contributed by atoms with Crippen LogP contribution in [-0.2, 0) is 19.5 Å². The van der Waals surface area contributed by atoms with E-state index in [0.717, 1.165) is 11.3 Å². The van der Waals surface area contributed by atoms with Crippen molar-refractivity contribution in [2.75, 3.05) is 13.1 Å². The maximum absolute atomic E-state index is 13.1. The summed E-state index contributed by atoms with van der Waals surface area (Å²) in [4.78, 5) is 20.7. The number of hydrogen-bond acceptors (Lipinski definition) is 7. The predicted octanol–water partition coefficient (Wildman–Crippen LogP) is 3.97. The minimum Gasteiger partial charge on any atom is -0.439 e. The summed E-state index contributed by atoms with van der Waals surface area (Å²) in [6.45, 7) is 3.82. The number of benzene rings is 1. The highest BCUT2D eigenvalue weighted by molar-refractivity contribution is 6.28. The topological polar surface area (TPSA) is 107 Å². The van der Waals surface area contributed by atoms with Crippen LogP contribution in [0.15, 0.2) is 42.6 Å². The quantitative estimate of drug-likeness (QED) is 0.388. The summed E-state index contributed by atoms with van der Waals surface area (Å²) in [5.74, 6) is 0.321. The summed E-state index contributed by atoms with van der Waals surface area (Å²) < 4.78 is 20.2. The highest BCUT2D eigenvalue weighted by Crippen LogP contribution is 2.26. The Balaban J connectivity index is 1.34. The van der Waals surface area contributed by atoms with Gasteiger partial charge in [0.15, 0.2) is 0 Å². The van der Waals surface area contributed by atoms with Crippen molar-refractivity contribution in [1.29, 1.82) is 0 Å². The predicted molar refractivity (Wildman–Crippen MR) is 119 cm³/mol. The van der Waals surface area contributed by atoms with E-state index in [4.69, 9.17) is 16.3 Å². The van der Waals surface area contributed by atoms with Gasteiger partial charge in [0.25, 0.3) is 0 Å². The van der Waals surface area contributed by atoms with Crippen LogP contribution in [0.25, 0.3) is 0 Å². The number of hydrogen-bond donors (Lipinski definition) is 1. The van der Waals surface area contributed by atoms with Crippen LogP contribution in [0.2, 0.25) is 5.28 Å². The molecule has 0 saturated heterocycles. The third-order valence-electron chi connectivity index (χ3n) is 5.50. The SMILES string of the molecule is CC(O)(CCn1cc([N+](=O)[O-])nc1Cl)CN1CCc2nc(Oc3ccc(F)cc3)ccc2C1. The fourth-order valence-corrected chi connectivity index (χ4v) is 4.04. The lowest BCUT2D eigenvalue weighted by atomic mass is 9.98. The molecule has 1 unspecified atom stereocenters. The molecule has 0 bridgehead atoms. The Morgan fingerprint density at radius 3 is 2.73 bits per heavy atom. The number of aryl methyl sites for hydroxylation is 1. The lowest BCUT2D eigenvalue weighted by Gasteiger charge is -2.34. The van der Waals surface area contributed by atoms with E-state index in [1.165, 1.54) is 22.9 Å². The fraction of sp³-hybridized carbons (Fsp3) is 0.364. The normalized spacial score (nSPS) is 15.6. The minimum atomic E-state index is -1.03. The summed E-state index contributed by atoms with van der Waals surface area (Å²) in [6, 6.07) is 9.49. The van der Waals surface area contributed by atoms with Crippen molar-refractivity contribution < 1.29 is 19.2 Å². The van der Waals surface area contributed by atoms with E-state index >= 15 is 0 Å². The molecule has 3 aromatic rings. The molecule has 1 atom stereocenters. The van der Waals surface area contributed by atoms with Crippen molar-refractivity contribution in [2.24, 2.45) is 0 Å². The van der Waals surface area contributed by atoms with Crippen molar-refractivity contribution in [3.63, 3.8) is 0 Å². The Labute approximate surface area is 194 Å². The molecule has 0 radical (unpaired) electrons. The van der Waals surface area contributed by atoms with Gasteiger partial charge in [0, 0.05) is 38.7 Å². The average Bonchev–Trinajstić information content (AvgIpc) is 3.15. The average molecular weight is 476 g/mol. The largest absolute Gasteiger partial charge is 0.439 e. The molecule has 0 spiro atoms. The molecule has 174 valence electrons. The molecule has 1 aliphatic heterocycles. The molecule has 0 aliphatic carbocycles. The van der Waals surface area contributed by atoms with Gasteiger partial charge >= 0.3 is 11.1 Å². The van der Waals surface area contributed by atoms with Gasteiger partial charge in [0.1, 0.15) is 17.8 Å². The van der Waals surface area contributed by atoms with Crippen LogP contribution in [0.5, 0.6) is 11.6 Å². The van der Waals surface area contributed by atoms with Gasteiger partial charge in [-0.15, -0.1) is 0 Å². The molecule has 1 aliphatic rings. The number of pyridine rings is 1. The number of aromatic nitrogens is 3. The second-order valence-corrected chi connectivity index (χ2v) is 8.68. The Kier molecular flexibility index (Phi) is 6.59. The molecule has 33 heavy (non-hydrogen) atoms. The van der Waals surface area contributed by atoms with Gasteiger partial charge in [-0.1, -0.05) is 6.07 Å². The second-order valence-electron chi connectivity index (χ2n) is 8.34. The van der Waals surface area contributed by atoms with Gasteiger partial charge in [-0.2, -0.15) is 0 Å². The molecule has 2 aromatic heterocycles. The first kappa shape index (κ1) is 23.1. The van der Waals surface area contributed by atoms with Crippen LogP contribution in [0, 0.1) is 15.9 Å². The Bertz CT molecular complexity index is 1150. The summed E-state index contributed by atoms with van der Waals surface area (Å²) in [7, 11) is 0. The zero-order chi connectivity index (χ0) is 23.6. The zero-order valence-electron chi connectivity index (χ0n) is 17.9. The molecule has 9 nitrogen and oxygen atoms in total. The van der Waals surface area contributed by atoms with Crippen LogP contribution >= 0.6 is 11.6 Å². The van der Waals surface area contributed by atoms with E-state index in [2.05, 4.69) is 14.9 Å². The molecule has 0 fully saturated rings. The van der Waals surface area contributed by atoms with Crippen LogP contribution in [0.3, 0.4) is 0 Å². The third kappa shape index (κ3) is 5.84. The molecular formula is C22H23ClFN5O4. The standard InChI is InChI=1S/C22H23ClFN5O4/c1-22(30,9-11-28-13-19(29(31)32)26-21(28)23)14-27-10-8-18-15(12-27)2-7-20(25-18)33-17-5-3-16(24)4-6-17/h2-7,13,30H,8-12,14H2,1H3. The molecule has 0 saturated carbocycles. The maximum Gasteiger partial charge on any atom is 0.383 e. The van der Waals surface area contributed by atoms with Crippen LogP contribution < -0.4 is 4.74 Å². The molecule has 4 rings (SSSR count). The van der Waals surface area contributed by atoms with E-state index in [1.54, 1.807) is 25.1 Å². The van der Waals surface area contributed by atoms with E-state index in [9.17, 15) is 19.6 Å². The molecule has 1 N–H and O–H groups in total. The lowest BCUT2D eigenvalue weighted by Crippen LogP contribution is -2.43. The zero-order valence-corrected chi connectivity index (χ0v) is 18.7. The maximum atomic E-state index is 13.1. The number of nitrogens with zero attached hydrogens (tertiary/aromatic N) is 5. The van der Waals surface area contributed by atoms with Crippen LogP contribution in [0.1, 0.15) is 24.6 Å². The number of nitro groups is 1. The summed E-state index contributed by atoms with van der Waals surface area (Å²) in [5, 5.41) is 21.8. The van der Waals surface area contributed by atoms with Gasteiger partial charge in [-0.05, 0) is 64.7 Å². The molecular weight excluding hydrogens is 453 g/mol. The lowest BCUT2D eigenvalue weighted by molar-refractivity contribution is -0.389. The second kappa shape index (κ2) is 9.42. The first-order chi connectivity index (χ1) is 15.7. The van der Waals surface area contributed by atoms with Gasteiger partial charge in [-0.3, -0.25) is 9.47 Å². The first-order valence-electron chi connectivity index (χ1n) is 10.4. The number of rotatable bonds is 8. The first-order valence-corrected chi connectivity index (χ1v) is 10.8. The van der Waals surface area contributed by atoms with Gasteiger partial charge in [0.05, 0.1) is 11.3 Å². The smallest absolute Gasteiger partial charge is 0.383 e. The number of imidazole rings is 1. The number of β-amino-alcohol motifs (C(OH)–C–C–N with tert-alkyl or cyclic N) is 1. The number of ether oxygens (including phenoxy) is 1. The molecule has 1 aromatic carbocycles. The van der Waals surface area contributed by atoms with Crippen LogP contribution in [0.4, 0.5) is 10.2 Å². The van der Waals surface area contributed by atoms with Gasteiger partial charge in [-0.25, -0.2) is 9.37 Å². The number of halogens is 2.